The van der Waals surface area contributed by atoms with Crippen molar-refractivity contribution in [1.82, 2.24) is 24.5 Å². The maximum absolute atomic E-state index is 14.0. The highest BCUT2D eigenvalue weighted by atomic mass is 19.1. The van der Waals surface area contributed by atoms with Gasteiger partial charge in [-0.3, -0.25) is 9.30 Å². The van der Waals surface area contributed by atoms with Crippen LogP contribution in [0.1, 0.15) is 24.7 Å². The highest BCUT2D eigenvalue weighted by molar-refractivity contribution is 5.63. The molecule has 3 heterocycles. The smallest absolute Gasteiger partial charge is 0.203 e. The van der Waals surface area contributed by atoms with E-state index in [1.807, 2.05) is 10.6 Å². The summed E-state index contributed by atoms with van der Waals surface area (Å²) in [5.41, 5.74) is 1.29. The molecule has 142 valence electrons. The predicted octanol–water partition coefficient (Wildman–Crippen LogP) is 2.68. The monoisotopic (exact) mass is 372 g/mol. The van der Waals surface area contributed by atoms with Gasteiger partial charge in [0.1, 0.15) is 17.5 Å². The molecule has 0 N–H and O–H groups in total. The minimum absolute atomic E-state index is 0.475. The summed E-state index contributed by atoms with van der Waals surface area (Å²) in [5.74, 6) is 0.715. The molecule has 1 fully saturated rings. The molecule has 1 aliphatic heterocycles. The molecule has 0 spiro atoms. The Kier molecular flexibility index (Phi) is 4.98. The highest BCUT2D eigenvalue weighted by Gasteiger charge is 2.20. The lowest BCUT2D eigenvalue weighted by Crippen LogP contribution is -2.31. The molecule has 0 radical (unpaired) electrons. The van der Waals surface area contributed by atoms with Crippen LogP contribution >= 0.6 is 0 Å². The van der Waals surface area contributed by atoms with Crippen LogP contribution in [0.15, 0.2) is 30.6 Å². The molecule has 27 heavy (non-hydrogen) atoms. The van der Waals surface area contributed by atoms with Crippen molar-refractivity contribution >= 4 is 11.5 Å². The molecule has 0 aliphatic carbocycles. The fourth-order valence-electron chi connectivity index (χ4n) is 3.56. The van der Waals surface area contributed by atoms with Gasteiger partial charge in [-0.15, -0.1) is 10.2 Å². The van der Waals surface area contributed by atoms with Gasteiger partial charge in [-0.2, -0.15) is 0 Å². The minimum Gasteiger partial charge on any atom is -0.352 e. The Labute approximate surface area is 156 Å². The number of halogens is 2. The lowest BCUT2D eigenvalue weighted by Gasteiger charge is -2.23. The first kappa shape index (κ1) is 17.8. The van der Waals surface area contributed by atoms with Gasteiger partial charge in [-0.05, 0) is 12.5 Å². The number of fused-ring (bicyclic) bond motifs is 1. The van der Waals surface area contributed by atoms with Crippen LogP contribution < -0.4 is 4.90 Å². The number of aromatic nitrogens is 4. The molecule has 6 nitrogen and oxygen atoms in total. The van der Waals surface area contributed by atoms with Crippen molar-refractivity contribution in [2.45, 2.75) is 26.3 Å². The first-order valence-corrected chi connectivity index (χ1v) is 9.25. The van der Waals surface area contributed by atoms with Gasteiger partial charge in [0.15, 0.2) is 5.82 Å². The number of rotatable bonds is 4. The zero-order valence-electron chi connectivity index (χ0n) is 15.3. The van der Waals surface area contributed by atoms with Gasteiger partial charge in [0.25, 0.3) is 0 Å². The van der Waals surface area contributed by atoms with Gasteiger partial charge in [0.2, 0.25) is 5.65 Å². The van der Waals surface area contributed by atoms with E-state index in [9.17, 15) is 8.78 Å². The van der Waals surface area contributed by atoms with Crippen molar-refractivity contribution in [3.63, 3.8) is 0 Å². The van der Waals surface area contributed by atoms with E-state index in [0.717, 1.165) is 62.4 Å². The van der Waals surface area contributed by atoms with Gasteiger partial charge in [-0.1, -0.05) is 13.0 Å². The summed E-state index contributed by atoms with van der Waals surface area (Å²) >= 11 is 0. The van der Waals surface area contributed by atoms with Crippen LogP contribution in [0.5, 0.6) is 0 Å². The van der Waals surface area contributed by atoms with Crippen molar-refractivity contribution in [2.75, 3.05) is 31.1 Å². The third-order valence-corrected chi connectivity index (χ3v) is 4.99. The number of hydrogen-bond acceptors (Lipinski definition) is 5. The Morgan fingerprint density at radius 3 is 2.78 bits per heavy atom. The maximum atomic E-state index is 14.0. The summed E-state index contributed by atoms with van der Waals surface area (Å²) in [6.07, 6.45) is 5.41. The van der Waals surface area contributed by atoms with Gasteiger partial charge in [0, 0.05) is 63.2 Å². The lowest BCUT2D eigenvalue weighted by atomic mass is 10.2. The van der Waals surface area contributed by atoms with Gasteiger partial charge in [-0.25, -0.2) is 13.8 Å². The molecule has 0 bridgehead atoms. The van der Waals surface area contributed by atoms with E-state index >= 15 is 0 Å². The van der Waals surface area contributed by atoms with Gasteiger partial charge in [0.05, 0.1) is 0 Å². The number of nitrogens with zero attached hydrogens (tertiary/aromatic N) is 6. The summed E-state index contributed by atoms with van der Waals surface area (Å²) in [7, 11) is 0. The standard InChI is InChI=1S/C19H22F2N6/c1-2-17-23-24-19-18(22-6-9-27(17)19)26-8-3-7-25(10-11-26)13-14-4-5-15(20)12-16(14)21/h4-6,9,12H,2-3,7-8,10-11,13H2,1H3. The fourth-order valence-corrected chi connectivity index (χ4v) is 3.56. The number of benzene rings is 1. The topological polar surface area (TPSA) is 49.6 Å². The molecule has 2 aromatic heterocycles. The van der Waals surface area contributed by atoms with E-state index in [-0.39, 0.29) is 0 Å². The molecule has 0 atom stereocenters. The second-order valence-corrected chi connectivity index (χ2v) is 6.77. The summed E-state index contributed by atoms with van der Waals surface area (Å²) in [5, 5.41) is 8.56. The lowest BCUT2D eigenvalue weighted by molar-refractivity contribution is 0.281. The maximum Gasteiger partial charge on any atom is 0.203 e. The van der Waals surface area contributed by atoms with Crippen molar-refractivity contribution in [3.8, 4) is 0 Å². The van der Waals surface area contributed by atoms with Gasteiger partial charge < -0.3 is 4.90 Å². The van der Waals surface area contributed by atoms with Crippen LogP contribution in [0.25, 0.3) is 5.65 Å². The molecule has 0 amide bonds. The molecule has 0 unspecified atom stereocenters. The molecule has 1 aliphatic rings. The van der Waals surface area contributed by atoms with Crippen molar-refractivity contribution in [2.24, 2.45) is 0 Å². The first-order valence-electron chi connectivity index (χ1n) is 9.25. The van der Waals surface area contributed by atoms with Gasteiger partial charge >= 0.3 is 0 Å². The van der Waals surface area contributed by atoms with Crippen LogP contribution in [0, 0.1) is 11.6 Å². The molecule has 3 aromatic rings. The van der Waals surface area contributed by atoms with Crippen LogP contribution in [0.4, 0.5) is 14.6 Å². The second kappa shape index (κ2) is 7.56. The Balaban J connectivity index is 1.50. The van der Waals surface area contributed by atoms with Crippen LogP contribution in [-0.4, -0.2) is 50.7 Å². The Morgan fingerprint density at radius 1 is 1.07 bits per heavy atom. The van der Waals surface area contributed by atoms with Crippen LogP contribution in [0.3, 0.4) is 0 Å². The minimum atomic E-state index is -0.544. The zero-order valence-corrected chi connectivity index (χ0v) is 15.3. The molecule has 1 saturated heterocycles. The quantitative estimate of drug-likeness (QED) is 0.705. The van der Waals surface area contributed by atoms with E-state index in [1.165, 1.54) is 12.1 Å². The molecule has 0 saturated carbocycles. The second-order valence-electron chi connectivity index (χ2n) is 6.77. The van der Waals surface area contributed by atoms with Crippen molar-refractivity contribution in [1.29, 1.82) is 0 Å². The number of anilines is 1. The van der Waals surface area contributed by atoms with E-state index in [4.69, 9.17) is 0 Å². The molecular weight excluding hydrogens is 350 g/mol. The van der Waals surface area contributed by atoms with E-state index in [2.05, 4.69) is 31.9 Å². The molecule has 4 rings (SSSR count). The number of aryl methyl sites for hydroxylation is 1. The SMILES string of the molecule is CCc1nnc2c(N3CCCN(Cc4ccc(F)cc4F)CC3)nccn12. The number of hydrogen-bond donors (Lipinski definition) is 0. The van der Waals surface area contributed by atoms with Crippen LogP contribution in [-0.2, 0) is 13.0 Å². The predicted molar refractivity (Wildman–Crippen MR) is 98.6 cm³/mol. The van der Waals surface area contributed by atoms with Crippen molar-refractivity contribution < 1.29 is 8.78 Å². The van der Waals surface area contributed by atoms with E-state index < -0.39 is 11.6 Å². The Morgan fingerprint density at radius 2 is 1.96 bits per heavy atom. The van der Waals surface area contributed by atoms with Crippen molar-refractivity contribution in [3.05, 3.63) is 53.6 Å². The third-order valence-electron chi connectivity index (χ3n) is 4.99. The molecule has 1 aromatic carbocycles. The zero-order chi connectivity index (χ0) is 18.8. The Bertz CT molecular complexity index is 941. The van der Waals surface area contributed by atoms with Crippen LogP contribution in [0.2, 0.25) is 0 Å². The average molecular weight is 372 g/mol. The van der Waals surface area contributed by atoms with E-state index in [1.54, 1.807) is 6.20 Å². The summed E-state index contributed by atoms with van der Waals surface area (Å²) < 4.78 is 29.0. The largest absolute Gasteiger partial charge is 0.352 e. The highest BCUT2D eigenvalue weighted by Crippen LogP contribution is 2.20. The summed E-state index contributed by atoms with van der Waals surface area (Å²) in [4.78, 5) is 8.94. The fraction of sp³-hybridized carbons (Fsp3) is 0.421. The first-order chi connectivity index (χ1) is 13.2. The Hall–Kier alpha value is -2.61. The molecule has 8 heteroatoms. The summed E-state index contributed by atoms with van der Waals surface area (Å²) in [6, 6.07) is 3.78. The third kappa shape index (κ3) is 3.62. The normalized spacial score (nSPS) is 16.0. The summed E-state index contributed by atoms with van der Waals surface area (Å²) in [6.45, 7) is 5.77. The van der Waals surface area contributed by atoms with E-state index in [0.29, 0.717) is 12.1 Å². The average Bonchev–Trinajstić information content (AvgIpc) is 2.95. The molecular formula is C19H22F2N6.